The van der Waals surface area contributed by atoms with Gasteiger partial charge in [0.2, 0.25) is 0 Å². The van der Waals surface area contributed by atoms with Gasteiger partial charge in [0.25, 0.3) is 0 Å². The van der Waals surface area contributed by atoms with Gasteiger partial charge in [-0.3, -0.25) is 0 Å². The van der Waals surface area contributed by atoms with E-state index >= 15 is 0 Å². The molecule has 2 aromatic heterocycles. The molecule has 0 fully saturated rings. The fourth-order valence-electron chi connectivity index (χ4n) is 3.09. The van der Waals surface area contributed by atoms with Crippen molar-refractivity contribution in [1.82, 2.24) is 20.8 Å². The average Bonchev–Trinajstić information content (AvgIpc) is 3.31. The molecule has 3 aromatic rings. The van der Waals surface area contributed by atoms with E-state index in [1.54, 1.807) is 11.3 Å². The number of para-hydroxylation sites is 1. The minimum Gasteiger partial charge on any atom is -0.361 e. The third-order valence-corrected chi connectivity index (χ3v) is 5.64. The lowest BCUT2D eigenvalue weighted by molar-refractivity contribution is 0.380. The van der Waals surface area contributed by atoms with Gasteiger partial charge in [-0.15, -0.1) is 35.3 Å². The highest BCUT2D eigenvalue weighted by molar-refractivity contribution is 14.0. The van der Waals surface area contributed by atoms with E-state index in [0.29, 0.717) is 6.54 Å². The van der Waals surface area contributed by atoms with Crippen LogP contribution in [0.2, 0.25) is 0 Å². The quantitative estimate of drug-likeness (QED) is 0.182. The number of aromatic nitrogens is 2. The molecule has 8 heteroatoms. The van der Waals surface area contributed by atoms with Crippen molar-refractivity contribution in [1.29, 1.82) is 0 Å². The zero-order chi connectivity index (χ0) is 19.8. The third-order valence-electron chi connectivity index (χ3n) is 4.54. The Morgan fingerprint density at radius 1 is 1.14 bits per heavy atom. The van der Waals surface area contributed by atoms with Crippen LogP contribution < -0.4 is 10.6 Å². The van der Waals surface area contributed by atoms with E-state index in [2.05, 4.69) is 54.8 Å². The molecule has 0 amide bonds. The average molecular weight is 527 g/mol. The van der Waals surface area contributed by atoms with Gasteiger partial charge >= 0.3 is 0 Å². The second-order valence-electron chi connectivity index (χ2n) is 6.54. The molecule has 29 heavy (non-hydrogen) atoms. The van der Waals surface area contributed by atoms with Crippen LogP contribution in [0.4, 0.5) is 0 Å². The van der Waals surface area contributed by atoms with Crippen LogP contribution in [0.15, 0.2) is 33.8 Å². The van der Waals surface area contributed by atoms with E-state index in [1.165, 1.54) is 9.71 Å². The Morgan fingerprint density at radius 2 is 1.97 bits per heavy atom. The molecular weight excluding hydrogens is 497 g/mol. The standard InChI is InChI=1S/C21H29N5OS.HI/c1-4-16-15(18(5-2)27-26-16)14-24-21(22-6-3)23-13-9-12-20-25-17-10-7-8-11-19(17)28-20;/h7-8,10-11H,4-6,9,12-14H2,1-3H3,(H2,22,23,24);1H. The van der Waals surface area contributed by atoms with E-state index in [-0.39, 0.29) is 24.0 Å². The highest BCUT2D eigenvalue weighted by Gasteiger charge is 2.13. The van der Waals surface area contributed by atoms with E-state index in [9.17, 15) is 0 Å². The third kappa shape index (κ3) is 6.40. The van der Waals surface area contributed by atoms with E-state index in [4.69, 9.17) is 14.5 Å². The number of guanidine groups is 1. The van der Waals surface area contributed by atoms with Crippen LogP contribution in [0.1, 0.15) is 49.2 Å². The van der Waals surface area contributed by atoms with Gasteiger partial charge in [-0.2, -0.15) is 0 Å². The van der Waals surface area contributed by atoms with Crippen molar-refractivity contribution >= 4 is 51.5 Å². The summed E-state index contributed by atoms with van der Waals surface area (Å²) < 4.78 is 6.69. The second-order valence-corrected chi connectivity index (χ2v) is 7.65. The normalized spacial score (nSPS) is 11.5. The molecule has 0 saturated heterocycles. The lowest BCUT2D eigenvalue weighted by Gasteiger charge is -2.11. The summed E-state index contributed by atoms with van der Waals surface area (Å²) >= 11 is 1.78. The smallest absolute Gasteiger partial charge is 0.191 e. The van der Waals surface area contributed by atoms with Crippen LogP contribution >= 0.6 is 35.3 Å². The highest BCUT2D eigenvalue weighted by Crippen LogP contribution is 2.22. The number of rotatable bonds is 9. The first kappa shape index (κ1) is 23.6. The molecule has 0 aliphatic rings. The van der Waals surface area contributed by atoms with Crippen molar-refractivity contribution in [3.63, 3.8) is 0 Å². The van der Waals surface area contributed by atoms with Crippen LogP contribution in [0, 0.1) is 0 Å². The zero-order valence-electron chi connectivity index (χ0n) is 17.3. The predicted molar refractivity (Wildman–Crippen MR) is 131 cm³/mol. The molecule has 0 unspecified atom stereocenters. The number of thiazole rings is 1. The summed E-state index contributed by atoms with van der Waals surface area (Å²) in [5.41, 5.74) is 3.22. The largest absolute Gasteiger partial charge is 0.361 e. The van der Waals surface area contributed by atoms with Crippen LogP contribution in [-0.2, 0) is 25.8 Å². The van der Waals surface area contributed by atoms with Crippen molar-refractivity contribution in [3.8, 4) is 0 Å². The number of fused-ring (bicyclic) bond motifs is 1. The van der Waals surface area contributed by atoms with Crippen LogP contribution in [0.25, 0.3) is 10.2 Å². The first-order valence-corrected chi connectivity index (χ1v) is 10.9. The Balaban J connectivity index is 0.00000300. The minimum absolute atomic E-state index is 0. The summed E-state index contributed by atoms with van der Waals surface area (Å²) in [5, 5.41) is 12.1. The van der Waals surface area contributed by atoms with Crippen molar-refractivity contribution in [3.05, 3.63) is 46.3 Å². The molecule has 0 aliphatic heterocycles. The molecule has 0 atom stereocenters. The fraction of sp³-hybridized carbons (Fsp3) is 0.476. The van der Waals surface area contributed by atoms with Crippen molar-refractivity contribution in [2.45, 2.75) is 53.0 Å². The summed E-state index contributed by atoms with van der Waals surface area (Å²) in [6.45, 7) is 8.52. The van der Waals surface area contributed by atoms with Gasteiger partial charge in [-0.1, -0.05) is 31.1 Å². The highest BCUT2D eigenvalue weighted by atomic mass is 127. The molecule has 0 saturated carbocycles. The Morgan fingerprint density at radius 3 is 2.69 bits per heavy atom. The number of benzene rings is 1. The summed E-state index contributed by atoms with van der Waals surface area (Å²) in [4.78, 5) is 9.44. The summed E-state index contributed by atoms with van der Waals surface area (Å²) in [6, 6.07) is 8.30. The maximum Gasteiger partial charge on any atom is 0.191 e. The number of hydrogen-bond donors (Lipinski definition) is 2. The Hall–Kier alpha value is -1.68. The van der Waals surface area contributed by atoms with Gasteiger partial charge in [0, 0.05) is 31.5 Å². The lowest BCUT2D eigenvalue weighted by atomic mass is 10.1. The van der Waals surface area contributed by atoms with Crippen LogP contribution in [0.5, 0.6) is 0 Å². The maximum atomic E-state index is 5.43. The first-order valence-electron chi connectivity index (χ1n) is 10.1. The summed E-state index contributed by atoms with van der Waals surface area (Å²) in [5.74, 6) is 1.77. The van der Waals surface area contributed by atoms with Gasteiger partial charge in [0.1, 0.15) is 5.76 Å². The van der Waals surface area contributed by atoms with Crippen molar-refractivity contribution in [2.24, 2.45) is 4.99 Å². The predicted octanol–water partition coefficient (Wildman–Crippen LogP) is 4.72. The molecule has 6 nitrogen and oxygen atoms in total. The van der Waals surface area contributed by atoms with Crippen molar-refractivity contribution in [2.75, 3.05) is 13.1 Å². The zero-order valence-corrected chi connectivity index (χ0v) is 20.5. The first-order chi connectivity index (χ1) is 13.7. The van der Waals surface area contributed by atoms with E-state index < -0.39 is 0 Å². The van der Waals surface area contributed by atoms with Crippen LogP contribution in [0.3, 0.4) is 0 Å². The molecule has 1 aromatic carbocycles. The molecule has 2 heterocycles. The van der Waals surface area contributed by atoms with E-state index in [1.807, 2.05) is 6.07 Å². The van der Waals surface area contributed by atoms with Gasteiger partial charge in [0.15, 0.2) is 5.96 Å². The van der Waals surface area contributed by atoms with Gasteiger partial charge in [0.05, 0.1) is 27.5 Å². The Labute approximate surface area is 193 Å². The van der Waals surface area contributed by atoms with E-state index in [0.717, 1.165) is 67.3 Å². The molecule has 0 spiro atoms. The Kier molecular flexibility index (Phi) is 9.86. The fourth-order valence-corrected chi connectivity index (χ4v) is 4.10. The Bertz CT molecular complexity index is 866. The number of nitrogens with zero attached hydrogens (tertiary/aromatic N) is 3. The van der Waals surface area contributed by atoms with Crippen LogP contribution in [-0.4, -0.2) is 29.2 Å². The molecule has 158 valence electrons. The lowest BCUT2D eigenvalue weighted by Crippen LogP contribution is -2.37. The molecule has 0 aliphatic carbocycles. The monoisotopic (exact) mass is 527 g/mol. The second kappa shape index (κ2) is 12.1. The number of hydrogen-bond acceptors (Lipinski definition) is 5. The number of aliphatic imine (C=N–C) groups is 1. The minimum atomic E-state index is 0. The summed E-state index contributed by atoms with van der Waals surface area (Å²) in [6.07, 6.45) is 3.68. The number of nitrogens with one attached hydrogen (secondary N) is 2. The number of aryl methyl sites for hydroxylation is 3. The maximum absolute atomic E-state index is 5.43. The molecule has 0 radical (unpaired) electrons. The van der Waals surface area contributed by atoms with Crippen molar-refractivity contribution < 1.29 is 4.52 Å². The summed E-state index contributed by atoms with van der Waals surface area (Å²) in [7, 11) is 0. The molecule has 2 N–H and O–H groups in total. The van der Waals surface area contributed by atoms with Gasteiger partial charge in [-0.25, -0.2) is 9.98 Å². The van der Waals surface area contributed by atoms with Gasteiger partial charge in [-0.05, 0) is 31.9 Å². The van der Waals surface area contributed by atoms with Gasteiger partial charge < -0.3 is 15.2 Å². The molecular formula is C21H30IN5OS. The SMILES string of the molecule is CCNC(=NCc1c(CC)noc1CC)NCCCc1nc2ccccc2s1.I. The molecule has 0 bridgehead atoms. The molecule has 3 rings (SSSR count). The number of halogens is 1. The topological polar surface area (TPSA) is 75.3 Å².